The molecule has 25 heavy (non-hydrogen) atoms. The van der Waals surface area contributed by atoms with Gasteiger partial charge >= 0.3 is 0 Å². The van der Waals surface area contributed by atoms with Crippen molar-refractivity contribution in [2.45, 2.75) is 25.3 Å². The van der Waals surface area contributed by atoms with Crippen LogP contribution in [0, 0.1) is 5.92 Å². The van der Waals surface area contributed by atoms with Gasteiger partial charge in [0.2, 0.25) is 5.91 Å². The van der Waals surface area contributed by atoms with Gasteiger partial charge in [-0.05, 0) is 31.4 Å². The molecule has 8 heteroatoms. The van der Waals surface area contributed by atoms with Gasteiger partial charge in [0, 0.05) is 25.0 Å². The molecule has 0 radical (unpaired) electrons. The molecule has 2 aliphatic rings. The number of sulfone groups is 1. The number of hydrogen-bond acceptors (Lipinski definition) is 4. The molecule has 0 bridgehead atoms. The van der Waals surface area contributed by atoms with Crippen molar-refractivity contribution in [2.24, 2.45) is 5.92 Å². The Bertz CT molecular complexity index is 773. The normalized spacial score (nSPS) is 23.4. The van der Waals surface area contributed by atoms with E-state index < -0.39 is 9.84 Å². The molecule has 2 aliphatic heterocycles. The molecule has 2 saturated heterocycles. The number of carbonyl (C=O) groups excluding carboxylic acids is 2. The number of benzene rings is 1. The highest BCUT2D eigenvalue weighted by Crippen LogP contribution is 2.23. The van der Waals surface area contributed by atoms with Crippen molar-refractivity contribution in [2.75, 3.05) is 24.6 Å². The molecule has 1 aromatic rings. The maximum absolute atomic E-state index is 12.5. The quantitative estimate of drug-likeness (QED) is 0.855. The van der Waals surface area contributed by atoms with E-state index in [9.17, 15) is 18.0 Å². The highest BCUT2D eigenvalue weighted by molar-refractivity contribution is 7.91. The molecule has 0 aromatic heterocycles. The summed E-state index contributed by atoms with van der Waals surface area (Å²) in [6.07, 6.45) is 1.63. The predicted octanol–water partition coefficient (Wildman–Crippen LogP) is 1.50. The lowest BCUT2D eigenvalue weighted by Crippen LogP contribution is -2.45. The standard InChI is InChI=1S/C17H21ClN2O4S/c18-15-4-2-1-3-14(15)17(22)20-8-5-12(6-9-20)16(21)19-13-7-10-25(23,24)11-13/h1-4,12-13H,5-11H2,(H,19,21). The number of nitrogens with one attached hydrogen (secondary N) is 1. The summed E-state index contributed by atoms with van der Waals surface area (Å²) in [5.74, 6) is -0.234. The number of piperidine rings is 1. The van der Waals surface area contributed by atoms with Crippen LogP contribution in [0.3, 0.4) is 0 Å². The minimum absolute atomic E-state index is 0.0303. The lowest BCUT2D eigenvalue weighted by atomic mass is 9.95. The number of amides is 2. The number of likely N-dealkylation sites (tertiary alicyclic amines) is 1. The topological polar surface area (TPSA) is 83.6 Å². The third kappa shape index (κ3) is 4.33. The van der Waals surface area contributed by atoms with Crippen molar-refractivity contribution < 1.29 is 18.0 Å². The van der Waals surface area contributed by atoms with Crippen molar-refractivity contribution in [3.63, 3.8) is 0 Å². The van der Waals surface area contributed by atoms with Gasteiger partial charge in [0.1, 0.15) is 0 Å². The van der Waals surface area contributed by atoms with E-state index in [1.807, 2.05) is 0 Å². The van der Waals surface area contributed by atoms with Crippen LogP contribution < -0.4 is 5.32 Å². The van der Waals surface area contributed by atoms with Crippen LogP contribution in [0.1, 0.15) is 29.6 Å². The van der Waals surface area contributed by atoms with Crippen LogP contribution in [0.25, 0.3) is 0 Å². The van der Waals surface area contributed by atoms with Crippen LogP contribution in [0.4, 0.5) is 0 Å². The molecule has 136 valence electrons. The molecule has 3 rings (SSSR count). The summed E-state index contributed by atoms with van der Waals surface area (Å²) in [5.41, 5.74) is 0.475. The van der Waals surface area contributed by atoms with E-state index in [-0.39, 0.29) is 35.3 Å². The first-order valence-corrected chi connectivity index (χ1v) is 10.6. The molecule has 2 heterocycles. The Morgan fingerprint density at radius 2 is 1.80 bits per heavy atom. The Balaban J connectivity index is 1.52. The van der Waals surface area contributed by atoms with Crippen molar-refractivity contribution in [1.29, 1.82) is 0 Å². The maximum atomic E-state index is 12.5. The first-order valence-electron chi connectivity index (χ1n) is 8.40. The molecule has 1 aromatic carbocycles. The predicted molar refractivity (Wildman–Crippen MR) is 95.3 cm³/mol. The fraction of sp³-hybridized carbons (Fsp3) is 0.529. The molecule has 0 spiro atoms. The lowest BCUT2D eigenvalue weighted by Gasteiger charge is -2.32. The van der Waals surface area contributed by atoms with Crippen LogP contribution in [-0.2, 0) is 14.6 Å². The Morgan fingerprint density at radius 1 is 1.12 bits per heavy atom. The molecular weight excluding hydrogens is 364 g/mol. The molecule has 2 amide bonds. The fourth-order valence-corrected chi connectivity index (χ4v) is 5.27. The van der Waals surface area contributed by atoms with Gasteiger partial charge in [0.15, 0.2) is 9.84 Å². The molecule has 0 saturated carbocycles. The maximum Gasteiger partial charge on any atom is 0.255 e. The van der Waals surface area contributed by atoms with Gasteiger partial charge in [-0.25, -0.2) is 8.42 Å². The van der Waals surface area contributed by atoms with E-state index in [1.165, 1.54) is 0 Å². The Labute approximate surface area is 152 Å². The van der Waals surface area contributed by atoms with Crippen molar-refractivity contribution in [1.82, 2.24) is 10.2 Å². The highest BCUT2D eigenvalue weighted by Gasteiger charge is 2.33. The number of hydrogen-bond donors (Lipinski definition) is 1. The summed E-state index contributed by atoms with van der Waals surface area (Å²) in [6, 6.07) is 6.66. The third-order valence-corrected chi connectivity index (χ3v) is 6.93. The summed E-state index contributed by atoms with van der Waals surface area (Å²) >= 11 is 6.07. The van der Waals surface area contributed by atoms with Crippen LogP contribution >= 0.6 is 11.6 Å². The molecule has 2 fully saturated rings. The average Bonchev–Trinajstić information content (AvgIpc) is 2.93. The monoisotopic (exact) mass is 384 g/mol. The van der Waals surface area contributed by atoms with Crippen LogP contribution in [-0.4, -0.2) is 55.8 Å². The van der Waals surface area contributed by atoms with Gasteiger partial charge in [0.25, 0.3) is 5.91 Å². The smallest absolute Gasteiger partial charge is 0.255 e. The van der Waals surface area contributed by atoms with E-state index in [2.05, 4.69) is 5.32 Å². The number of halogens is 1. The average molecular weight is 385 g/mol. The second kappa shape index (κ2) is 7.33. The summed E-state index contributed by atoms with van der Waals surface area (Å²) in [6.45, 7) is 0.982. The molecule has 1 atom stereocenters. The first-order chi connectivity index (χ1) is 11.9. The minimum Gasteiger partial charge on any atom is -0.352 e. The zero-order chi connectivity index (χ0) is 18.0. The first kappa shape index (κ1) is 18.2. The van der Waals surface area contributed by atoms with Gasteiger partial charge in [-0.3, -0.25) is 9.59 Å². The van der Waals surface area contributed by atoms with Gasteiger partial charge in [0.05, 0.1) is 22.1 Å². The van der Waals surface area contributed by atoms with E-state index in [0.717, 1.165) is 0 Å². The number of carbonyl (C=O) groups is 2. The fourth-order valence-electron chi connectivity index (χ4n) is 3.38. The third-order valence-electron chi connectivity index (χ3n) is 4.84. The molecular formula is C17H21ClN2O4S. The SMILES string of the molecule is O=C(NC1CCS(=O)(=O)C1)C1CCN(C(=O)c2ccccc2Cl)CC1. The van der Waals surface area contributed by atoms with E-state index in [4.69, 9.17) is 11.6 Å². The minimum atomic E-state index is -3.01. The second-order valence-corrected chi connectivity index (χ2v) is 9.29. The summed E-state index contributed by atoms with van der Waals surface area (Å²) in [5, 5.41) is 3.27. The van der Waals surface area contributed by atoms with Crippen LogP contribution in [0.15, 0.2) is 24.3 Å². The van der Waals surface area contributed by atoms with E-state index >= 15 is 0 Å². The summed E-state index contributed by atoms with van der Waals surface area (Å²) in [7, 11) is -3.01. The molecule has 0 aliphatic carbocycles. The van der Waals surface area contributed by atoms with E-state index in [1.54, 1.807) is 29.2 Å². The number of rotatable bonds is 3. The zero-order valence-electron chi connectivity index (χ0n) is 13.8. The Kier molecular flexibility index (Phi) is 5.34. The largest absolute Gasteiger partial charge is 0.352 e. The van der Waals surface area contributed by atoms with Crippen molar-refractivity contribution >= 4 is 33.3 Å². The summed E-state index contributed by atoms with van der Waals surface area (Å²) < 4.78 is 22.9. The van der Waals surface area contributed by atoms with Gasteiger partial charge < -0.3 is 10.2 Å². The van der Waals surface area contributed by atoms with E-state index in [0.29, 0.717) is 42.9 Å². The second-order valence-electron chi connectivity index (χ2n) is 6.65. The van der Waals surface area contributed by atoms with Crippen LogP contribution in [0.2, 0.25) is 5.02 Å². The zero-order valence-corrected chi connectivity index (χ0v) is 15.4. The lowest BCUT2D eigenvalue weighted by molar-refractivity contribution is -0.126. The van der Waals surface area contributed by atoms with Gasteiger partial charge in [-0.2, -0.15) is 0 Å². The molecule has 6 nitrogen and oxygen atoms in total. The van der Waals surface area contributed by atoms with Gasteiger partial charge in [-0.15, -0.1) is 0 Å². The molecule has 1 unspecified atom stereocenters. The Hall–Kier alpha value is -1.60. The molecule has 1 N–H and O–H groups in total. The Morgan fingerprint density at radius 3 is 2.40 bits per heavy atom. The highest BCUT2D eigenvalue weighted by atomic mass is 35.5. The van der Waals surface area contributed by atoms with Crippen LogP contribution in [0.5, 0.6) is 0 Å². The summed E-state index contributed by atoms with van der Waals surface area (Å²) in [4.78, 5) is 26.6. The van der Waals surface area contributed by atoms with Crippen molar-refractivity contribution in [3.05, 3.63) is 34.9 Å². The van der Waals surface area contributed by atoms with Gasteiger partial charge in [-0.1, -0.05) is 23.7 Å². The number of nitrogens with zero attached hydrogens (tertiary/aromatic N) is 1. The van der Waals surface area contributed by atoms with Crippen molar-refractivity contribution in [3.8, 4) is 0 Å².